The molecule has 6 nitrogen and oxygen atoms in total. The number of hydrogen-bond acceptors (Lipinski definition) is 5. The lowest BCUT2D eigenvalue weighted by molar-refractivity contribution is -0.139. The van der Waals surface area contributed by atoms with Crippen LogP contribution in [0.5, 0.6) is 5.75 Å². The van der Waals surface area contributed by atoms with E-state index in [4.69, 9.17) is 20.2 Å². The van der Waals surface area contributed by atoms with Crippen LogP contribution in [0.3, 0.4) is 0 Å². The van der Waals surface area contributed by atoms with Crippen LogP contribution >= 0.6 is 11.6 Å². The number of carbonyl (C=O) groups is 1. The van der Waals surface area contributed by atoms with Crippen LogP contribution < -0.4 is 9.50 Å². The Balaban J connectivity index is 1.80. The Morgan fingerprint density at radius 1 is 1.07 bits per heavy atom. The quantitative estimate of drug-likeness (QED) is 0.560. The Bertz CT molecular complexity index is 1130. The number of furan rings is 1. The predicted molar refractivity (Wildman–Crippen MR) is 97.4 cm³/mol. The average molecular weight is 446 g/mol. The van der Waals surface area contributed by atoms with E-state index in [-0.39, 0.29) is 16.5 Å². The summed E-state index contributed by atoms with van der Waals surface area (Å²) in [7, 11) is -4.80. The molecular weight excluding hydrogens is 435 g/mol. The fourth-order valence-corrected chi connectivity index (χ4v) is 3.61. The number of benzene rings is 2. The van der Waals surface area contributed by atoms with E-state index in [0.717, 1.165) is 12.1 Å². The number of rotatable bonds is 5. The first-order valence-corrected chi connectivity index (χ1v) is 9.61. The van der Waals surface area contributed by atoms with E-state index in [2.05, 4.69) is 5.32 Å². The van der Waals surface area contributed by atoms with E-state index in [0.29, 0.717) is 11.8 Å². The van der Waals surface area contributed by atoms with Gasteiger partial charge in [-0.15, -0.1) is 0 Å². The minimum atomic E-state index is -4.95. The van der Waals surface area contributed by atoms with Gasteiger partial charge in [-0.25, -0.2) is 0 Å². The van der Waals surface area contributed by atoms with Crippen LogP contribution in [-0.2, 0) is 16.3 Å². The van der Waals surface area contributed by atoms with Crippen molar-refractivity contribution in [3.8, 4) is 5.75 Å². The normalized spacial score (nSPS) is 11.9. The number of halogens is 4. The van der Waals surface area contributed by atoms with E-state index in [1.165, 1.54) is 42.7 Å². The summed E-state index contributed by atoms with van der Waals surface area (Å²) in [6.45, 7) is 0. The van der Waals surface area contributed by atoms with Gasteiger partial charge < -0.3 is 13.9 Å². The van der Waals surface area contributed by atoms with E-state index < -0.39 is 32.7 Å². The van der Waals surface area contributed by atoms with Gasteiger partial charge in [-0.1, -0.05) is 11.6 Å². The molecule has 0 fully saturated rings. The maximum Gasteiger partial charge on any atom is 0.417 e. The van der Waals surface area contributed by atoms with Crippen molar-refractivity contribution in [3.63, 3.8) is 0 Å². The Labute approximate surface area is 168 Å². The fraction of sp³-hybridized carbons (Fsp3) is 0.0556. The van der Waals surface area contributed by atoms with Gasteiger partial charge in [0.25, 0.3) is 5.91 Å². The van der Waals surface area contributed by atoms with Crippen LogP contribution in [0, 0.1) is 0 Å². The van der Waals surface area contributed by atoms with Crippen molar-refractivity contribution < 1.29 is 35.0 Å². The number of anilines is 1. The Hall–Kier alpha value is -2.98. The van der Waals surface area contributed by atoms with Gasteiger partial charge in [-0.2, -0.15) is 21.6 Å². The largest absolute Gasteiger partial charge is 0.459 e. The number of carbonyl (C=O) groups excluding carboxylic acids is 1. The number of nitrogens with one attached hydrogen (secondary N) is 1. The molecule has 3 aromatic rings. The molecule has 0 saturated heterocycles. The van der Waals surface area contributed by atoms with Crippen molar-refractivity contribution in [2.45, 2.75) is 11.1 Å². The predicted octanol–water partition coefficient (Wildman–Crippen LogP) is 4.97. The molecule has 1 aromatic heterocycles. The van der Waals surface area contributed by atoms with E-state index in [1.54, 1.807) is 0 Å². The molecule has 11 heteroatoms. The summed E-state index contributed by atoms with van der Waals surface area (Å²) in [5.74, 6) is -0.716. The maximum atomic E-state index is 13.2. The van der Waals surface area contributed by atoms with Gasteiger partial charge in [0.1, 0.15) is 10.6 Å². The molecule has 29 heavy (non-hydrogen) atoms. The molecule has 0 atom stereocenters. The standard InChI is InChI=1S/C18H11ClF3NO5S/c19-11-3-8-16(14(10-11)18(20,21)22)29(25,26)28-13-6-4-12(5-7-13)23-17(24)15-2-1-9-27-15/h1-10H,(H,23,24). The van der Waals surface area contributed by atoms with Crippen LogP contribution in [0.4, 0.5) is 18.9 Å². The molecule has 0 aliphatic heterocycles. The summed E-state index contributed by atoms with van der Waals surface area (Å²) in [4.78, 5) is 10.8. The van der Waals surface area contributed by atoms with Gasteiger partial charge in [-0.3, -0.25) is 4.79 Å². The monoisotopic (exact) mass is 445 g/mol. The molecule has 1 N–H and O–H groups in total. The van der Waals surface area contributed by atoms with Gasteiger partial charge in [-0.05, 0) is 54.6 Å². The maximum absolute atomic E-state index is 13.2. The zero-order valence-corrected chi connectivity index (χ0v) is 15.8. The second kappa shape index (κ2) is 7.80. The van der Waals surface area contributed by atoms with Gasteiger partial charge in [0.05, 0.1) is 11.8 Å². The highest BCUT2D eigenvalue weighted by Gasteiger charge is 2.38. The molecule has 0 radical (unpaired) electrons. The van der Waals surface area contributed by atoms with Crippen molar-refractivity contribution in [3.05, 3.63) is 77.2 Å². The molecule has 0 bridgehead atoms. The smallest absolute Gasteiger partial charge is 0.417 e. The zero-order valence-electron chi connectivity index (χ0n) is 14.2. The zero-order chi connectivity index (χ0) is 21.2. The molecule has 1 heterocycles. The fourth-order valence-electron chi connectivity index (χ4n) is 2.31. The lowest BCUT2D eigenvalue weighted by Crippen LogP contribution is -2.17. The van der Waals surface area contributed by atoms with E-state index >= 15 is 0 Å². The third-order valence-corrected chi connectivity index (χ3v) is 5.12. The molecule has 152 valence electrons. The first-order valence-electron chi connectivity index (χ1n) is 7.82. The van der Waals surface area contributed by atoms with Crippen LogP contribution in [-0.4, -0.2) is 14.3 Å². The highest BCUT2D eigenvalue weighted by molar-refractivity contribution is 7.87. The molecule has 3 rings (SSSR count). The summed E-state index contributed by atoms with van der Waals surface area (Å²) in [6.07, 6.45) is -3.63. The Kier molecular flexibility index (Phi) is 5.58. The second-order valence-corrected chi connectivity index (χ2v) is 7.58. The summed E-state index contributed by atoms with van der Waals surface area (Å²) in [5.41, 5.74) is -1.15. The minimum Gasteiger partial charge on any atom is -0.459 e. The van der Waals surface area contributed by atoms with Crippen molar-refractivity contribution in [2.75, 3.05) is 5.32 Å². The van der Waals surface area contributed by atoms with Gasteiger partial charge in [0.15, 0.2) is 5.76 Å². The lowest BCUT2D eigenvalue weighted by Gasteiger charge is -2.14. The van der Waals surface area contributed by atoms with E-state index in [1.807, 2.05) is 0 Å². The SMILES string of the molecule is O=C(Nc1ccc(OS(=O)(=O)c2ccc(Cl)cc2C(F)(F)F)cc1)c1ccco1. The molecule has 0 aliphatic carbocycles. The van der Waals surface area contributed by atoms with Gasteiger partial charge >= 0.3 is 16.3 Å². The van der Waals surface area contributed by atoms with Crippen LogP contribution in [0.2, 0.25) is 5.02 Å². The molecule has 0 saturated carbocycles. The van der Waals surface area contributed by atoms with Crippen molar-refractivity contribution in [2.24, 2.45) is 0 Å². The molecule has 1 amide bonds. The summed E-state index contributed by atoms with van der Waals surface area (Å²) in [5, 5.41) is 2.23. The topological polar surface area (TPSA) is 85.6 Å². The highest BCUT2D eigenvalue weighted by atomic mass is 35.5. The third kappa shape index (κ3) is 4.90. The van der Waals surface area contributed by atoms with Crippen LogP contribution in [0.15, 0.2) is 70.2 Å². The molecule has 0 aliphatic rings. The second-order valence-electron chi connectivity index (χ2n) is 5.63. The Morgan fingerprint density at radius 2 is 1.76 bits per heavy atom. The summed E-state index contributed by atoms with van der Waals surface area (Å²) >= 11 is 5.55. The Morgan fingerprint density at radius 3 is 2.34 bits per heavy atom. The summed E-state index contributed by atoms with van der Waals surface area (Å²) < 4.78 is 73.9. The lowest BCUT2D eigenvalue weighted by atomic mass is 10.2. The first-order chi connectivity index (χ1) is 13.6. The number of alkyl halides is 3. The third-order valence-electron chi connectivity index (χ3n) is 3.58. The molecule has 0 unspecified atom stereocenters. The average Bonchev–Trinajstić information content (AvgIpc) is 3.17. The summed E-state index contributed by atoms with van der Waals surface area (Å²) in [6, 6.07) is 10.2. The van der Waals surface area contributed by atoms with Gasteiger partial charge in [0, 0.05) is 10.7 Å². The van der Waals surface area contributed by atoms with Crippen LogP contribution in [0.25, 0.3) is 0 Å². The number of hydrogen-bond donors (Lipinski definition) is 1. The molecule has 0 spiro atoms. The van der Waals surface area contributed by atoms with Crippen molar-refractivity contribution in [1.82, 2.24) is 0 Å². The highest BCUT2D eigenvalue weighted by Crippen LogP contribution is 2.36. The van der Waals surface area contributed by atoms with Gasteiger partial charge in [0.2, 0.25) is 0 Å². The van der Waals surface area contributed by atoms with E-state index in [9.17, 15) is 26.4 Å². The van der Waals surface area contributed by atoms with Crippen molar-refractivity contribution >= 4 is 33.3 Å². The molecular formula is C18H11ClF3NO5S. The minimum absolute atomic E-state index is 0.0651. The molecule has 2 aromatic carbocycles. The first kappa shape index (κ1) is 20.7. The van der Waals surface area contributed by atoms with Crippen LogP contribution in [0.1, 0.15) is 16.1 Å². The number of amides is 1. The van der Waals surface area contributed by atoms with Crippen molar-refractivity contribution in [1.29, 1.82) is 0 Å².